The van der Waals surface area contributed by atoms with Crippen LogP contribution in [0, 0.1) is 0 Å². The average Bonchev–Trinajstić information content (AvgIpc) is 3.91. The monoisotopic (exact) mass is 985 g/mol. The number of benzene rings is 9. The standard InChI is InChI=1S/3C25H28/c1-15(2)21-17-11-7-8-12-18(17)22(16(3)4)24-23(21)19-13-9-10-14-20(19)25(24,5)6;1-15(2)17-10-11-21-23(14-17)25(5,6)22-13-12-19-18(16(3)4)8-7-9-20(19)24(21)22;1-15(2)17-11-12-18(16(3)4)21-14-24-22(13-20(17)21)19-9-7-8-10-23(19)25(24,5)6/h3*7-16H,1-6H3. The number of fused-ring (bicyclic) bond motifs is 13. The first kappa shape index (κ1) is 52.2. The van der Waals surface area contributed by atoms with Crippen LogP contribution < -0.4 is 0 Å². The molecule has 0 fully saturated rings. The van der Waals surface area contributed by atoms with Crippen LogP contribution in [0.1, 0.15) is 227 Å². The SMILES string of the molecule is CC(C)c1c2c(c(C(C)C)c3ccccc13)C(C)(C)c1ccccc1-2.CC(C)c1ccc(C(C)C)c2cc3c(cc12)-c1ccccc1C3(C)C.CC(C)c1ccc2c(c1)C(C)(C)c1ccc3c(C(C)C)cccc3c1-2. The van der Waals surface area contributed by atoms with Gasteiger partial charge in [0.05, 0.1) is 0 Å². The van der Waals surface area contributed by atoms with Gasteiger partial charge in [-0.25, -0.2) is 0 Å². The minimum Gasteiger partial charge on any atom is -0.0619 e. The van der Waals surface area contributed by atoms with E-state index in [4.69, 9.17) is 0 Å². The van der Waals surface area contributed by atoms with Crippen molar-refractivity contribution in [2.75, 3.05) is 0 Å². The summed E-state index contributed by atoms with van der Waals surface area (Å²) in [6, 6.07) is 55.3. The van der Waals surface area contributed by atoms with Gasteiger partial charge in [-0.1, -0.05) is 258 Å². The van der Waals surface area contributed by atoms with E-state index in [0.29, 0.717) is 35.5 Å². The van der Waals surface area contributed by atoms with Gasteiger partial charge in [-0.15, -0.1) is 0 Å². The zero-order chi connectivity index (χ0) is 53.8. The van der Waals surface area contributed by atoms with Gasteiger partial charge >= 0.3 is 0 Å². The molecule has 3 aliphatic rings. The van der Waals surface area contributed by atoms with E-state index in [9.17, 15) is 0 Å². The Kier molecular flexibility index (Phi) is 13.3. The van der Waals surface area contributed by atoms with Gasteiger partial charge < -0.3 is 0 Å². The van der Waals surface area contributed by atoms with Crippen LogP contribution in [0.15, 0.2) is 146 Å². The first-order valence-electron chi connectivity index (χ1n) is 28.6. The second-order valence-corrected chi connectivity index (χ2v) is 25.9. The zero-order valence-corrected chi connectivity index (χ0v) is 48.8. The first-order chi connectivity index (χ1) is 35.5. The molecule has 0 saturated carbocycles. The molecule has 0 nitrogen and oxygen atoms in total. The molecular weight excluding hydrogens is 901 g/mol. The maximum Gasteiger partial charge on any atom is 0.0162 e. The Morgan fingerprint density at radius 1 is 0.267 bits per heavy atom. The predicted octanol–water partition coefficient (Wildman–Crippen LogP) is 22.2. The summed E-state index contributed by atoms with van der Waals surface area (Å²) < 4.78 is 0. The lowest BCUT2D eigenvalue weighted by Crippen LogP contribution is -2.18. The van der Waals surface area contributed by atoms with Gasteiger partial charge in [-0.2, -0.15) is 0 Å². The molecule has 0 saturated heterocycles. The molecule has 384 valence electrons. The molecule has 0 radical (unpaired) electrons. The molecule has 0 amide bonds. The van der Waals surface area contributed by atoms with Gasteiger partial charge in [0.25, 0.3) is 0 Å². The molecule has 0 bridgehead atoms. The van der Waals surface area contributed by atoms with Crippen molar-refractivity contribution in [3.05, 3.63) is 212 Å². The van der Waals surface area contributed by atoms with Crippen molar-refractivity contribution in [2.24, 2.45) is 0 Å². The fourth-order valence-electron chi connectivity index (χ4n) is 14.1. The molecule has 75 heavy (non-hydrogen) atoms. The zero-order valence-electron chi connectivity index (χ0n) is 48.8. The van der Waals surface area contributed by atoms with Gasteiger partial charge in [0.1, 0.15) is 0 Å². The third kappa shape index (κ3) is 8.31. The van der Waals surface area contributed by atoms with E-state index < -0.39 is 0 Å². The second kappa shape index (κ2) is 19.1. The van der Waals surface area contributed by atoms with E-state index in [2.05, 4.69) is 270 Å². The molecule has 0 unspecified atom stereocenters. The van der Waals surface area contributed by atoms with Crippen molar-refractivity contribution in [1.29, 1.82) is 0 Å². The number of rotatable bonds is 6. The van der Waals surface area contributed by atoms with Crippen molar-refractivity contribution in [3.8, 4) is 33.4 Å². The molecular formula is C75H84. The van der Waals surface area contributed by atoms with Gasteiger partial charge in [0.15, 0.2) is 0 Å². The maximum absolute atomic E-state index is 2.49. The molecule has 9 aromatic rings. The summed E-state index contributed by atoms with van der Waals surface area (Å²) in [5, 5.41) is 8.59. The molecule has 0 spiro atoms. The van der Waals surface area contributed by atoms with Gasteiger partial charge in [0.2, 0.25) is 0 Å². The Hall–Kier alpha value is -6.24. The molecule has 12 rings (SSSR count). The minimum absolute atomic E-state index is 0.0548. The molecule has 9 aromatic carbocycles. The quantitative estimate of drug-likeness (QED) is 0.156. The second-order valence-electron chi connectivity index (χ2n) is 25.9. The number of hydrogen-bond donors (Lipinski definition) is 0. The molecule has 0 aromatic heterocycles. The smallest absolute Gasteiger partial charge is 0.0162 e. The highest BCUT2D eigenvalue weighted by Gasteiger charge is 2.41. The molecule has 3 aliphatic carbocycles. The van der Waals surface area contributed by atoms with Crippen LogP contribution in [0.3, 0.4) is 0 Å². The Bertz CT molecular complexity index is 3690. The summed E-state index contributed by atoms with van der Waals surface area (Å²) in [6.45, 7) is 42.0. The van der Waals surface area contributed by atoms with E-state index in [-0.39, 0.29) is 16.2 Å². The van der Waals surface area contributed by atoms with Crippen LogP contribution in [-0.4, -0.2) is 0 Å². The Morgan fingerprint density at radius 3 is 1.33 bits per heavy atom. The molecule has 0 heteroatoms. The van der Waals surface area contributed by atoms with Crippen LogP contribution in [-0.2, 0) is 16.2 Å². The van der Waals surface area contributed by atoms with Gasteiger partial charge in [-0.05, 0) is 180 Å². The van der Waals surface area contributed by atoms with Crippen LogP contribution in [0.4, 0.5) is 0 Å². The van der Waals surface area contributed by atoms with Crippen molar-refractivity contribution < 1.29 is 0 Å². The molecule has 0 aliphatic heterocycles. The highest BCUT2D eigenvalue weighted by atomic mass is 14.4. The summed E-state index contributed by atoms with van der Waals surface area (Å²) in [6.07, 6.45) is 0. The Balaban J connectivity index is 0.000000128. The van der Waals surface area contributed by atoms with E-state index in [0.717, 1.165) is 0 Å². The van der Waals surface area contributed by atoms with E-state index in [1.54, 1.807) is 5.56 Å². The third-order valence-corrected chi connectivity index (χ3v) is 18.0. The normalized spacial score (nSPS) is 15.0. The summed E-state index contributed by atoms with van der Waals surface area (Å²) in [7, 11) is 0. The van der Waals surface area contributed by atoms with Crippen molar-refractivity contribution in [3.63, 3.8) is 0 Å². The largest absolute Gasteiger partial charge is 0.0619 e. The summed E-state index contributed by atoms with van der Waals surface area (Å²) >= 11 is 0. The topological polar surface area (TPSA) is 0 Å². The van der Waals surface area contributed by atoms with Gasteiger partial charge in [-0.3, -0.25) is 0 Å². The molecule has 0 heterocycles. The molecule has 0 atom stereocenters. The first-order valence-corrected chi connectivity index (χ1v) is 28.6. The Labute approximate surface area is 452 Å². The molecule has 0 N–H and O–H groups in total. The fraction of sp³-hybridized carbons (Fsp3) is 0.360. The van der Waals surface area contributed by atoms with Crippen LogP contribution in [0.5, 0.6) is 0 Å². The van der Waals surface area contributed by atoms with E-state index in [1.807, 2.05) is 0 Å². The predicted molar refractivity (Wildman–Crippen MR) is 329 cm³/mol. The van der Waals surface area contributed by atoms with Crippen molar-refractivity contribution in [1.82, 2.24) is 0 Å². The average molecular weight is 985 g/mol. The van der Waals surface area contributed by atoms with Crippen molar-refractivity contribution >= 4 is 32.3 Å². The highest BCUT2D eigenvalue weighted by molar-refractivity contribution is 6.04. The lowest BCUT2D eigenvalue weighted by atomic mass is 9.74. The maximum atomic E-state index is 2.49. The van der Waals surface area contributed by atoms with Crippen LogP contribution in [0.2, 0.25) is 0 Å². The number of hydrogen-bond acceptors (Lipinski definition) is 0. The lowest BCUT2D eigenvalue weighted by Gasteiger charge is -2.29. The summed E-state index contributed by atoms with van der Waals surface area (Å²) in [4.78, 5) is 0. The minimum atomic E-state index is 0.0548. The van der Waals surface area contributed by atoms with Crippen LogP contribution >= 0.6 is 0 Å². The fourth-order valence-corrected chi connectivity index (χ4v) is 14.1. The van der Waals surface area contributed by atoms with E-state index in [1.165, 1.54) is 127 Å². The van der Waals surface area contributed by atoms with Crippen LogP contribution in [0.25, 0.3) is 65.7 Å². The highest BCUT2D eigenvalue weighted by Crippen LogP contribution is 2.57. The summed E-state index contributed by atoms with van der Waals surface area (Å²) in [5.74, 6) is 3.18. The van der Waals surface area contributed by atoms with Crippen molar-refractivity contribution in [2.45, 2.75) is 176 Å². The van der Waals surface area contributed by atoms with Gasteiger partial charge in [0, 0.05) is 16.2 Å². The summed E-state index contributed by atoms with van der Waals surface area (Å²) in [5.41, 5.74) is 26.7. The Morgan fingerprint density at radius 2 is 0.747 bits per heavy atom. The third-order valence-electron chi connectivity index (χ3n) is 18.0. The van der Waals surface area contributed by atoms with E-state index >= 15 is 0 Å². The lowest BCUT2D eigenvalue weighted by molar-refractivity contribution is 0.643.